The molecule has 0 unspecified atom stereocenters. The third kappa shape index (κ3) is 2.92. The van der Waals surface area contributed by atoms with E-state index in [1.54, 1.807) is 30.6 Å². The van der Waals surface area contributed by atoms with Crippen LogP contribution in [-0.4, -0.2) is 32.1 Å². The molecule has 0 fully saturated rings. The molecule has 0 aliphatic carbocycles. The zero-order valence-corrected chi connectivity index (χ0v) is 14.1. The van der Waals surface area contributed by atoms with Crippen LogP contribution in [0.3, 0.4) is 0 Å². The first kappa shape index (κ1) is 15.9. The second-order valence-corrected chi connectivity index (χ2v) is 5.98. The van der Waals surface area contributed by atoms with Crippen molar-refractivity contribution in [3.05, 3.63) is 54.4 Å². The van der Waals surface area contributed by atoms with Gasteiger partial charge in [0, 0.05) is 25.1 Å². The quantitative estimate of drug-likeness (QED) is 0.785. The van der Waals surface area contributed by atoms with E-state index in [-0.39, 0.29) is 18.2 Å². The summed E-state index contributed by atoms with van der Waals surface area (Å²) in [5, 5.41) is 12.5. The predicted octanol–water partition coefficient (Wildman–Crippen LogP) is 2.16. The lowest BCUT2D eigenvalue weighted by atomic mass is 10.1. The minimum atomic E-state index is -0.363. The van der Waals surface area contributed by atoms with Crippen LogP contribution in [0.2, 0.25) is 0 Å². The van der Waals surface area contributed by atoms with E-state index in [2.05, 4.69) is 20.5 Å². The van der Waals surface area contributed by atoms with Crippen LogP contribution in [0.5, 0.6) is 0 Å². The first-order chi connectivity index (χ1) is 12.6. The molecule has 1 aliphatic heterocycles. The maximum atomic E-state index is 12.6. The van der Waals surface area contributed by atoms with Gasteiger partial charge < -0.3 is 5.32 Å². The summed E-state index contributed by atoms with van der Waals surface area (Å²) >= 11 is 0. The summed E-state index contributed by atoms with van der Waals surface area (Å²) in [5.74, 6) is -0.00427. The molecule has 0 bridgehead atoms. The van der Waals surface area contributed by atoms with Gasteiger partial charge in [-0.25, -0.2) is 9.99 Å². The molecule has 3 heterocycles. The molecule has 1 aromatic carbocycles. The van der Waals surface area contributed by atoms with Crippen molar-refractivity contribution in [1.29, 1.82) is 0 Å². The number of hydrogen-bond donors (Lipinski definition) is 1. The Hall–Kier alpha value is -3.55. The maximum Gasteiger partial charge on any atom is 0.273 e. The second kappa shape index (κ2) is 6.40. The molecule has 2 aromatic heterocycles. The van der Waals surface area contributed by atoms with Crippen LogP contribution in [0.15, 0.2) is 53.9 Å². The summed E-state index contributed by atoms with van der Waals surface area (Å²) in [6.45, 7) is 1.94. The van der Waals surface area contributed by atoms with Crippen LogP contribution < -0.4 is 10.3 Å². The van der Waals surface area contributed by atoms with Gasteiger partial charge in [0.05, 0.1) is 11.9 Å². The van der Waals surface area contributed by atoms with Crippen molar-refractivity contribution < 1.29 is 9.59 Å². The van der Waals surface area contributed by atoms with Gasteiger partial charge in [-0.1, -0.05) is 12.1 Å². The molecular formula is C18H16N6O2. The highest BCUT2D eigenvalue weighted by molar-refractivity contribution is 6.44. The number of amides is 2. The van der Waals surface area contributed by atoms with E-state index in [0.29, 0.717) is 29.3 Å². The number of aromatic nitrogens is 3. The number of benzene rings is 1. The molecule has 0 saturated heterocycles. The predicted molar refractivity (Wildman–Crippen MR) is 97.0 cm³/mol. The number of hydrogen-bond acceptors (Lipinski definition) is 5. The minimum Gasteiger partial charge on any atom is -0.305 e. The van der Waals surface area contributed by atoms with E-state index >= 15 is 0 Å². The molecule has 0 atom stereocenters. The zero-order chi connectivity index (χ0) is 18.1. The number of aryl methyl sites for hydroxylation is 1. The summed E-state index contributed by atoms with van der Waals surface area (Å²) in [6.07, 6.45) is 3.72. The third-order valence-electron chi connectivity index (χ3n) is 4.07. The third-order valence-corrected chi connectivity index (χ3v) is 4.07. The molecule has 1 aliphatic rings. The normalized spacial score (nSPS) is 14.4. The minimum absolute atomic E-state index is 0.134. The van der Waals surface area contributed by atoms with Gasteiger partial charge in [0.25, 0.3) is 5.91 Å². The van der Waals surface area contributed by atoms with Gasteiger partial charge in [-0.2, -0.15) is 14.7 Å². The SMILES string of the molecule is Cc1cccc(N2N=C(C(=O)Nc3ccnc4ccnn34)CCC2=O)c1. The second-order valence-electron chi connectivity index (χ2n) is 5.98. The van der Waals surface area contributed by atoms with E-state index < -0.39 is 0 Å². The molecule has 4 rings (SSSR count). The van der Waals surface area contributed by atoms with Crippen molar-refractivity contribution in [3.8, 4) is 0 Å². The Morgan fingerprint density at radius 1 is 1.15 bits per heavy atom. The smallest absolute Gasteiger partial charge is 0.273 e. The van der Waals surface area contributed by atoms with Crippen molar-refractivity contribution in [1.82, 2.24) is 14.6 Å². The molecule has 1 N–H and O–H groups in total. The van der Waals surface area contributed by atoms with Crippen LogP contribution in [0.1, 0.15) is 18.4 Å². The molecule has 2 amide bonds. The lowest BCUT2D eigenvalue weighted by molar-refractivity contribution is -0.118. The molecule has 26 heavy (non-hydrogen) atoms. The fourth-order valence-electron chi connectivity index (χ4n) is 2.80. The largest absolute Gasteiger partial charge is 0.305 e. The van der Waals surface area contributed by atoms with Gasteiger partial charge in [0.1, 0.15) is 11.5 Å². The lowest BCUT2D eigenvalue weighted by Crippen LogP contribution is -2.36. The molecule has 130 valence electrons. The van der Waals surface area contributed by atoms with E-state index in [0.717, 1.165) is 5.56 Å². The van der Waals surface area contributed by atoms with Crippen LogP contribution in [0.4, 0.5) is 11.5 Å². The topological polar surface area (TPSA) is 92.0 Å². The van der Waals surface area contributed by atoms with Crippen LogP contribution >= 0.6 is 0 Å². The Morgan fingerprint density at radius 3 is 2.88 bits per heavy atom. The number of nitrogens with zero attached hydrogens (tertiary/aromatic N) is 5. The monoisotopic (exact) mass is 348 g/mol. The van der Waals surface area contributed by atoms with Crippen molar-refractivity contribution in [2.45, 2.75) is 19.8 Å². The Morgan fingerprint density at radius 2 is 2.04 bits per heavy atom. The Balaban J connectivity index is 1.62. The number of anilines is 2. The lowest BCUT2D eigenvalue weighted by Gasteiger charge is -2.23. The zero-order valence-electron chi connectivity index (χ0n) is 14.1. The van der Waals surface area contributed by atoms with E-state index in [1.807, 2.05) is 25.1 Å². The average Bonchev–Trinajstić information content (AvgIpc) is 3.12. The Bertz CT molecular complexity index is 1040. The molecule has 0 saturated carbocycles. The fraction of sp³-hybridized carbons (Fsp3) is 0.167. The van der Waals surface area contributed by atoms with Gasteiger partial charge in [0.15, 0.2) is 5.65 Å². The molecule has 8 heteroatoms. The summed E-state index contributed by atoms with van der Waals surface area (Å²) in [5.41, 5.74) is 2.59. The van der Waals surface area contributed by atoms with Crippen LogP contribution in [0.25, 0.3) is 5.65 Å². The van der Waals surface area contributed by atoms with E-state index in [1.165, 1.54) is 9.52 Å². The Kier molecular flexibility index (Phi) is 3.92. The van der Waals surface area contributed by atoms with Gasteiger partial charge in [-0.05, 0) is 30.7 Å². The summed E-state index contributed by atoms with van der Waals surface area (Å²) in [6, 6.07) is 10.8. The first-order valence-corrected chi connectivity index (χ1v) is 8.19. The maximum absolute atomic E-state index is 12.6. The molecule has 3 aromatic rings. The van der Waals surface area contributed by atoms with Gasteiger partial charge in [0.2, 0.25) is 5.91 Å². The standard InChI is InChI=1S/C18H16N6O2/c1-12-3-2-4-13(11-12)23-17(25)6-5-14(22-23)18(26)21-16-7-9-19-15-8-10-20-24(15)16/h2-4,7-11H,5-6H2,1H3,(H,21,26). The van der Waals surface area contributed by atoms with E-state index in [4.69, 9.17) is 0 Å². The van der Waals surface area contributed by atoms with Crippen molar-refractivity contribution in [2.75, 3.05) is 10.3 Å². The van der Waals surface area contributed by atoms with Gasteiger partial charge >= 0.3 is 0 Å². The highest BCUT2D eigenvalue weighted by Crippen LogP contribution is 2.21. The van der Waals surface area contributed by atoms with Crippen molar-refractivity contribution in [3.63, 3.8) is 0 Å². The average molecular weight is 348 g/mol. The van der Waals surface area contributed by atoms with E-state index in [9.17, 15) is 9.59 Å². The fourth-order valence-corrected chi connectivity index (χ4v) is 2.80. The molecular weight excluding hydrogens is 332 g/mol. The number of rotatable bonds is 3. The van der Waals surface area contributed by atoms with Crippen molar-refractivity contribution >= 4 is 34.7 Å². The Labute approximate surface area is 149 Å². The highest BCUT2D eigenvalue weighted by atomic mass is 16.2. The van der Waals surface area contributed by atoms with Gasteiger partial charge in [-0.3, -0.25) is 9.59 Å². The summed E-state index contributed by atoms with van der Waals surface area (Å²) in [7, 11) is 0. The molecule has 8 nitrogen and oxygen atoms in total. The molecule has 0 spiro atoms. The molecule has 0 radical (unpaired) electrons. The van der Waals surface area contributed by atoms with Crippen LogP contribution in [-0.2, 0) is 9.59 Å². The number of carbonyl (C=O) groups excluding carboxylic acids is 2. The summed E-state index contributed by atoms with van der Waals surface area (Å²) < 4.78 is 1.53. The van der Waals surface area contributed by atoms with Crippen LogP contribution in [0, 0.1) is 6.92 Å². The first-order valence-electron chi connectivity index (χ1n) is 8.19. The van der Waals surface area contributed by atoms with Gasteiger partial charge in [-0.15, -0.1) is 0 Å². The number of nitrogens with one attached hydrogen (secondary N) is 1. The van der Waals surface area contributed by atoms with Crippen molar-refractivity contribution in [2.24, 2.45) is 5.10 Å². The number of fused-ring (bicyclic) bond motifs is 1. The number of hydrazone groups is 1. The highest BCUT2D eigenvalue weighted by Gasteiger charge is 2.26. The number of carbonyl (C=O) groups is 2. The summed E-state index contributed by atoms with van der Waals surface area (Å²) in [4.78, 5) is 29.0.